The van der Waals surface area contributed by atoms with Crippen LogP contribution in [0.4, 0.5) is 13.2 Å². The Morgan fingerprint density at radius 2 is 2.00 bits per heavy atom. The van der Waals surface area contributed by atoms with Gasteiger partial charge in [0.25, 0.3) is 0 Å². The third-order valence-electron chi connectivity index (χ3n) is 2.45. The first kappa shape index (κ1) is 12.7. The molecule has 0 radical (unpaired) electrons. The van der Waals surface area contributed by atoms with Gasteiger partial charge in [-0.05, 0) is 25.3 Å². The number of hydrogen-bond acceptors (Lipinski definition) is 3. The van der Waals surface area contributed by atoms with Crippen LogP contribution in [-0.2, 0) is 10.0 Å². The number of alkyl halides is 3. The molecule has 0 spiro atoms. The molecule has 1 unspecified atom stereocenters. The Hall–Kier alpha value is -0.340. The number of nitrogens with two attached hydrogens (primary N) is 1. The summed E-state index contributed by atoms with van der Waals surface area (Å²) in [5.41, 5.74) is 0.110. The van der Waals surface area contributed by atoms with E-state index in [1.54, 1.807) is 0 Å². The summed E-state index contributed by atoms with van der Waals surface area (Å²) in [5.74, 6) is -0.170. The third-order valence-corrected chi connectivity index (χ3v) is 4.04. The quantitative estimate of drug-likeness (QED) is 0.772. The number of nitrogens with zero attached hydrogens (tertiary/aromatic N) is 1. The van der Waals surface area contributed by atoms with Crippen LogP contribution in [0.3, 0.4) is 0 Å². The van der Waals surface area contributed by atoms with Crippen molar-refractivity contribution in [1.82, 2.24) is 4.31 Å². The maximum Gasteiger partial charge on any atom is 0.511 e. The van der Waals surface area contributed by atoms with E-state index < -0.39 is 15.5 Å². The molecule has 1 atom stereocenters. The highest BCUT2D eigenvalue weighted by atomic mass is 32.2. The Kier molecular flexibility index (Phi) is 3.62. The Morgan fingerprint density at radius 1 is 1.40 bits per heavy atom. The Labute approximate surface area is 86.3 Å². The van der Waals surface area contributed by atoms with Gasteiger partial charge in [0.2, 0.25) is 0 Å². The molecule has 1 aliphatic heterocycles. The van der Waals surface area contributed by atoms with E-state index in [0.717, 1.165) is 0 Å². The predicted molar refractivity (Wildman–Crippen MR) is 48.3 cm³/mol. The standard InChI is InChI=1S/C7H13F3N2O2S/c8-7(9,10)15(13,14)12-3-1-2-6(4-11)5-12/h6H,1-5,11H2. The van der Waals surface area contributed by atoms with Crippen molar-refractivity contribution >= 4 is 10.0 Å². The SMILES string of the molecule is NCC1CCCN(S(=O)(=O)C(F)(F)F)C1. The molecule has 0 aliphatic carbocycles. The van der Waals surface area contributed by atoms with Gasteiger partial charge in [-0.1, -0.05) is 0 Å². The van der Waals surface area contributed by atoms with E-state index in [-0.39, 0.29) is 25.6 Å². The average molecular weight is 246 g/mol. The lowest BCUT2D eigenvalue weighted by Crippen LogP contribution is -2.47. The molecule has 2 N–H and O–H groups in total. The normalized spacial score (nSPS) is 25.5. The summed E-state index contributed by atoms with van der Waals surface area (Å²) >= 11 is 0. The van der Waals surface area contributed by atoms with Crippen LogP contribution < -0.4 is 5.73 Å². The van der Waals surface area contributed by atoms with Gasteiger partial charge in [-0.25, -0.2) is 8.42 Å². The minimum atomic E-state index is -5.20. The van der Waals surface area contributed by atoms with Gasteiger partial charge in [-0.3, -0.25) is 0 Å². The fourth-order valence-electron chi connectivity index (χ4n) is 1.58. The summed E-state index contributed by atoms with van der Waals surface area (Å²) < 4.78 is 59.1. The van der Waals surface area contributed by atoms with Gasteiger partial charge >= 0.3 is 15.5 Å². The molecule has 4 nitrogen and oxygen atoms in total. The Balaban J connectivity index is 2.80. The first-order chi connectivity index (χ1) is 6.79. The lowest BCUT2D eigenvalue weighted by Gasteiger charge is -2.31. The number of rotatable bonds is 2. The topological polar surface area (TPSA) is 63.4 Å². The van der Waals surface area contributed by atoms with Crippen LogP contribution in [0.5, 0.6) is 0 Å². The van der Waals surface area contributed by atoms with Crippen LogP contribution in [0.1, 0.15) is 12.8 Å². The van der Waals surface area contributed by atoms with Gasteiger partial charge in [-0.2, -0.15) is 17.5 Å². The van der Waals surface area contributed by atoms with Gasteiger partial charge in [0.05, 0.1) is 0 Å². The monoisotopic (exact) mass is 246 g/mol. The van der Waals surface area contributed by atoms with Crippen LogP contribution in [0.25, 0.3) is 0 Å². The molecule has 1 saturated heterocycles. The summed E-state index contributed by atoms with van der Waals surface area (Å²) in [6.45, 7) is 0.0144. The highest BCUT2D eigenvalue weighted by Gasteiger charge is 2.50. The average Bonchev–Trinajstić information content (AvgIpc) is 2.16. The largest absolute Gasteiger partial charge is 0.511 e. The maximum absolute atomic E-state index is 12.2. The minimum absolute atomic E-state index is 0.0711. The second-order valence-electron chi connectivity index (χ2n) is 3.55. The van der Waals surface area contributed by atoms with Crippen molar-refractivity contribution in [3.63, 3.8) is 0 Å². The predicted octanol–water partition coefficient (Wildman–Crippen LogP) is 0.507. The van der Waals surface area contributed by atoms with Crippen LogP contribution in [0.15, 0.2) is 0 Å². The van der Waals surface area contributed by atoms with E-state index >= 15 is 0 Å². The molecule has 1 rings (SSSR count). The van der Waals surface area contributed by atoms with Gasteiger partial charge < -0.3 is 5.73 Å². The second kappa shape index (κ2) is 4.26. The number of piperidine rings is 1. The molecule has 0 amide bonds. The van der Waals surface area contributed by atoms with E-state index in [9.17, 15) is 21.6 Å². The molecule has 1 heterocycles. The van der Waals surface area contributed by atoms with E-state index in [0.29, 0.717) is 17.1 Å². The van der Waals surface area contributed by atoms with E-state index in [1.165, 1.54) is 0 Å². The number of hydrogen-bond donors (Lipinski definition) is 1. The van der Waals surface area contributed by atoms with Crippen molar-refractivity contribution in [2.45, 2.75) is 18.3 Å². The van der Waals surface area contributed by atoms with Crippen molar-refractivity contribution < 1.29 is 21.6 Å². The van der Waals surface area contributed by atoms with Gasteiger partial charge in [0.1, 0.15) is 0 Å². The highest BCUT2D eigenvalue weighted by Crippen LogP contribution is 2.29. The number of halogens is 3. The van der Waals surface area contributed by atoms with E-state index in [2.05, 4.69) is 0 Å². The summed E-state index contributed by atoms with van der Waals surface area (Å²) in [4.78, 5) is 0. The summed E-state index contributed by atoms with van der Waals surface area (Å²) in [5, 5.41) is 0. The second-order valence-corrected chi connectivity index (χ2v) is 5.48. The molecule has 0 aromatic heterocycles. The van der Waals surface area contributed by atoms with Gasteiger partial charge in [0, 0.05) is 13.1 Å². The molecular weight excluding hydrogens is 233 g/mol. The third kappa shape index (κ3) is 2.61. The van der Waals surface area contributed by atoms with E-state index in [4.69, 9.17) is 5.73 Å². The molecule has 90 valence electrons. The van der Waals surface area contributed by atoms with Gasteiger partial charge in [0.15, 0.2) is 0 Å². The zero-order valence-corrected chi connectivity index (χ0v) is 8.81. The van der Waals surface area contributed by atoms with Gasteiger partial charge in [-0.15, -0.1) is 0 Å². The Morgan fingerprint density at radius 3 is 2.47 bits per heavy atom. The first-order valence-corrected chi connectivity index (χ1v) is 5.99. The van der Waals surface area contributed by atoms with Crippen molar-refractivity contribution in [2.75, 3.05) is 19.6 Å². The molecule has 1 fully saturated rings. The fourth-order valence-corrected chi connectivity index (χ4v) is 2.65. The zero-order valence-electron chi connectivity index (χ0n) is 8.00. The van der Waals surface area contributed by atoms with Crippen LogP contribution in [-0.4, -0.2) is 37.9 Å². The summed E-state index contributed by atoms with van der Waals surface area (Å²) in [6.07, 6.45) is 1.11. The fraction of sp³-hybridized carbons (Fsp3) is 1.00. The molecular formula is C7H13F3N2O2S. The summed E-state index contributed by atoms with van der Waals surface area (Å²) in [7, 11) is -5.16. The molecule has 0 bridgehead atoms. The lowest BCUT2D eigenvalue weighted by molar-refractivity contribution is -0.0498. The van der Waals surface area contributed by atoms with Crippen LogP contribution in [0.2, 0.25) is 0 Å². The Bertz CT molecular complexity index is 315. The molecule has 0 aromatic carbocycles. The number of sulfonamides is 1. The zero-order chi connectivity index (χ0) is 11.7. The molecule has 1 aliphatic rings. The maximum atomic E-state index is 12.2. The smallest absolute Gasteiger partial charge is 0.330 e. The van der Waals surface area contributed by atoms with Crippen molar-refractivity contribution in [3.8, 4) is 0 Å². The van der Waals surface area contributed by atoms with Crippen molar-refractivity contribution in [2.24, 2.45) is 11.7 Å². The molecule has 0 saturated carbocycles. The van der Waals surface area contributed by atoms with Crippen LogP contribution in [0, 0.1) is 5.92 Å². The van der Waals surface area contributed by atoms with Crippen LogP contribution >= 0.6 is 0 Å². The highest BCUT2D eigenvalue weighted by molar-refractivity contribution is 7.90. The van der Waals surface area contributed by atoms with Crippen molar-refractivity contribution in [3.05, 3.63) is 0 Å². The molecule has 0 aromatic rings. The van der Waals surface area contributed by atoms with E-state index in [1.807, 2.05) is 0 Å². The molecule has 15 heavy (non-hydrogen) atoms. The first-order valence-electron chi connectivity index (χ1n) is 4.55. The van der Waals surface area contributed by atoms with Crippen molar-refractivity contribution in [1.29, 1.82) is 0 Å². The lowest BCUT2D eigenvalue weighted by atomic mass is 10.0. The minimum Gasteiger partial charge on any atom is -0.330 e. The molecule has 8 heteroatoms. The summed E-state index contributed by atoms with van der Waals surface area (Å²) in [6, 6.07) is 0.